The van der Waals surface area contributed by atoms with Crippen molar-refractivity contribution in [2.45, 2.75) is 0 Å². The summed E-state index contributed by atoms with van der Waals surface area (Å²) in [6, 6.07) is 6.85. The Labute approximate surface area is 103 Å². The highest BCUT2D eigenvalue weighted by Crippen LogP contribution is 2.17. The van der Waals surface area contributed by atoms with Crippen LogP contribution < -0.4 is 10.1 Å². The van der Waals surface area contributed by atoms with E-state index < -0.39 is 12.0 Å². The summed E-state index contributed by atoms with van der Waals surface area (Å²) in [6.45, 7) is 0.112. The number of ether oxygens (including phenoxy) is 2. The molecule has 2 amide bonds. The van der Waals surface area contributed by atoms with Crippen molar-refractivity contribution in [1.29, 1.82) is 0 Å². The van der Waals surface area contributed by atoms with Gasteiger partial charge in [-0.25, -0.2) is 4.79 Å². The van der Waals surface area contributed by atoms with Gasteiger partial charge in [0.1, 0.15) is 12.4 Å². The van der Waals surface area contributed by atoms with Crippen LogP contribution in [0.1, 0.15) is 5.56 Å². The average Bonchev–Trinajstić information content (AvgIpc) is 2.66. The molecule has 2 N–H and O–H groups in total. The van der Waals surface area contributed by atoms with Crippen molar-refractivity contribution in [3.8, 4) is 5.75 Å². The molecule has 1 aromatic carbocycles. The molecule has 0 spiro atoms. The molecular weight excluding hydrogens is 238 g/mol. The largest absolute Gasteiger partial charge is 0.491 e. The number of carbonyl (C=O) groups excluding carboxylic acids is 2. The van der Waals surface area contributed by atoms with Crippen LogP contribution in [-0.2, 0) is 9.53 Å². The lowest BCUT2D eigenvalue weighted by Crippen LogP contribution is -2.18. The first-order valence-corrected chi connectivity index (χ1v) is 5.27. The highest BCUT2D eigenvalue weighted by atomic mass is 16.6. The summed E-state index contributed by atoms with van der Waals surface area (Å²) in [5, 5.41) is 10.6. The number of hydrogen-bond acceptors (Lipinski definition) is 5. The van der Waals surface area contributed by atoms with Gasteiger partial charge in [0, 0.05) is 0 Å². The number of imide groups is 1. The fourth-order valence-electron chi connectivity index (χ4n) is 1.43. The number of aliphatic hydroxyl groups excluding tert-OH is 1. The topological polar surface area (TPSA) is 84.9 Å². The van der Waals surface area contributed by atoms with Gasteiger partial charge in [0.15, 0.2) is 5.76 Å². The Balaban J connectivity index is 2.16. The lowest BCUT2D eigenvalue weighted by atomic mass is 10.2. The van der Waals surface area contributed by atoms with Crippen LogP contribution in [0.4, 0.5) is 4.79 Å². The molecule has 0 atom stereocenters. The summed E-state index contributed by atoms with van der Waals surface area (Å²) in [5.74, 6) is -0.0656. The zero-order chi connectivity index (χ0) is 13.0. The van der Waals surface area contributed by atoms with Crippen molar-refractivity contribution in [3.63, 3.8) is 0 Å². The molecule has 1 heterocycles. The van der Waals surface area contributed by atoms with Crippen LogP contribution in [0.2, 0.25) is 0 Å². The zero-order valence-corrected chi connectivity index (χ0v) is 9.38. The van der Waals surface area contributed by atoms with E-state index in [1.165, 1.54) is 6.08 Å². The Hall–Kier alpha value is -2.34. The van der Waals surface area contributed by atoms with E-state index in [1.807, 2.05) is 5.32 Å². The van der Waals surface area contributed by atoms with Gasteiger partial charge in [-0.2, -0.15) is 0 Å². The van der Waals surface area contributed by atoms with Crippen LogP contribution in [-0.4, -0.2) is 30.3 Å². The van der Waals surface area contributed by atoms with Crippen LogP contribution in [0, 0.1) is 0 Å². The average molecular weight is 249 g/mol. The fraction of sp³-hybridized carbons (Fsp3) is 0.167. The summed E-state index contributed by atoms with van der Waals surface area (Å²) in [4.78, 5) is 22.1. The van der Waals surface area contributed by atoms with Crippen molar-refractivity contribution in [1.82, 2.24) is 5.32 Å². The minimum atomic E-state index is -0.779. The Bertz CT molecular complexity index is 509. The SMILES string of the molecule is O=C1NC(=O)/C(=C\c2cccc(OCCO)c2)O1. The number of nitrogens with one attached hydrogen (secondary N) is 1. The van der Waals surface area contributed by atoms with Crippen molar-refractivity contribution in [2.75, 3.05) is 13.2 Å². The van der Waals surface area contributed by atoms with E-state index in [2.05, 4.69) is 4.74 Å². The molecule has 94 valence electrons. The first-order chi connectivity index (χ1) is 8.69. The summed E-state index contributed by atoms with van der Waals surface area (Å²) >= 11 is 0. The summed E-state index contributed by atoms with van der Waals surface area (Å²) < 4.78 is 9.90. The highest BCUT2D eigenvalue weighted by molar-refractivity contribution is 6.09. The molecule has 1 fully saturated rings. The maximum Gasteiger partial charge on any atom is 0.419 e. The van der Waals surface area contributed by atoms with Crippen LogP contribution in [0.25, 0.3) is 6.08 Å². The third kappa shape index (κ3) is 2.86. The molecule has 0 radical (unpaired) electrons. The molecule has 0 unspecified atom stereocenters. The summed E-state index contributed by atoms with van der Waals surface area (Å²) in [7, 11) is 0. The molecule has 0 bridgehead atoms. The lowest BCUT2D eigenvalue weighted by Gasteiger charge is -2.04. The minimum Gasteiger partial charge on any atom is -0.491 e. The predicted molar refractivity (Wildman–Crippen MR) is 61.6 cm³/mol. The van der Waals surface area contributed by atoms with Gasteiger partial charge >= 0.3 is 6.09 Å². The fourth-order valence-corrected chi connectivity index (χ4v) is 1.43. The van der Waals surface area contributed by atoms with E-state index in [0.29, 0.717) is 11.3 Å². The maximum atomic E-state index is 11.3. The van der Waals surface area contributed by atoms with E-state index in [0.717, 1.165) is 0 Å². The van der Waals surface area contributed by atoms with E-state index in [9.17, 15) is 9.59 Å². The van der Waals surface area contributed by atoms with E-state index in [4.69, 9.17) is 9.84 Å². The Kier molecular flexibility index (Phi) is 3.59. The maximum absolute atomic E-state index is 11.3. The van der Waals surface area contributed by atoms with E-state index >= 15 is 0 Å². The summed E-state index contributed by atoms with van der Waals surface area (Å²) in [5.41, 5.74) is 0.658. The molecule has 2 rings (SSSR count). The number of cyclic esters (lactones) is 1. The minimum absolute atomic E-state index is 0.0562. The van der Waals surface area contributed by atoms with Gasteiger partial charge in [-0.05, 0) is 23.8 Å². The number of hydrogen-bond donors (Lipinski definition) is 2. The van der Waals surface area contributed by atoms with Crippen molar-refractivity contribution < 1.29 is 24.2 Å². The molecule has 1 aliphatic heterocycles. The standard InChI is InChI=1S/C12H11NO5/c14-4-5-17-9-3-1-2-8(6-9)7-10-11(15)13-12(16)18-10/h1-3,6-7,14H,4-5H2,(H,13,15,16)/b10-7+. The molecule has 0 aromatic heterocycles. The van der Waals surface area contributed by atoms with Crippen molar-refractivity contribution in [3.05, 3.63) is 35.6 Å². The molecule has 0 saturated carbocycles. The molecule has 6 nitrogen and oxygen atoms in total. The third-order valence-corrected chi connectivity index (χ3v) is 2.16. The first kappa shape index (κ1) is 12.1. The van der Waals surface area contributed by atoms with Crippen molar-refractivity contribution >= 4 is 18.1 Å². The van der Waals surface area contributed by atoms with Crippen LogP contribution in [0.15, 0.2) is 30.0 Å². The lowest BCUT2D eigenvalue weighted by molar-refractivity contribution is -0.116. The van der Waals surface area contributed by atoms with Crippen LogP contribution in [0.5, 0.6) is 5.75 Å². The first-order valence-electron chi connectivity index (χ1n) is 5.27. The molecule has 6 heteroatoms. The number of aliphatic hydroxyl groups is 1. The van der Waals surface area contributed by atoms with Gasteiger partial charge in [-0.3, -0.25) is 10.1 Å². The molecular formula is C12H11NO5. The quantitative estimate of drug-likeness (QED) is 0.766. The molecule has 1 aliphatic rings. The Morgan fingerprint density at radius 3 is 2.89 bits per heavy atom. The molecule has 1 saturated heterocycles. The van der Waals surface area contributed by atoms with E-state index in [1.54, 1.807) is 24.3 Å². The normalized spacial score (nSPS) is 16.6. The second-order valence-electron chi connectivity index (χ2n) is 3.50. The van der Waals surface area contributed by atoms with Gasteiger partial charge in [0.2, 0.25) is 0 Å². The van der Waals surface area contributed by atoms with Gasteiger partial charge in [-0.15, -0.1) is 0 Å². The monoisotopic (exact) mass is 249 g/mol. The second kappa shape index (κ2) is 5.33. The second-order valence-corrected chi connectivity index (χ2v) is 3.50. The van der Waals surface area contributed by atoms with Gasteiger partial charge in [0.05, 0.1) is 6.61 Å². The number of alkyl carbamates (subject to hydrolysis) is 1. The number of amides is 2. The van der Waals surface area contributed by atoms with Crippen LogP contribution in [0.3, 0.4) is 0 Å². The highest BCUT2D eigenvalue weighted by Gasteiger charge is 2.25. The molecule has 1 aromatic rings. The van der Waals surface area contributed by atoms with Crippen LogP contribution >= 0.6 is 0 Å². The third-order valence-electron chi connectivity index (χ3n) is 2.16. The smallest absolute Gasteiger partial charge is 0.419 e. The number of benzene rings is 1. The van der Waals surface area contributed by atoms with Gasteiger partial charge in [-0.1, -0.05) is 12.1 Å². The number of rotatable bonds is 4. The van der Waals surface area contributed by atoms with E-state index in [-0.39, 0.29) is 19.0 Å². The zero-order valence-electron chi connectivity index (χ0n) is 9.38. The van der Waals surface area contributed by atoms with Crippen molar-refractivity contribution in [2.24, 2.45) is 0 Å². The molecule has 18 heavy (non-hydrogen) atoms. The van der Waals surface area contributed by atoms with Gasteiger partial charge < -0.3 is 14.6 Å². The number of carbonyl (C=O) groups is 2. The Morgan fingerprint density at radius 2 is 2.22 bits per heavy atom. The summed E-state index contributed by atoms with van der Waals surface area (Å²) in [6.07, 6.45) is 0.658. The predicted octanol–water partition coefficient (Wildman–Crippen LogP) is 0.665. The Morgan fingerprint density at radius 1 is 1.39 bits per heavy atom. The van der Waals surface area contributed by atoms with Gasteiger partial charge in [0.25, 0.3) is 5.91 Å². The molecule has 0 aliphatic carbocycles.